The molecular formula is C12H7ClO2. The molecule has 0 spiro atoms. The van der Waals surface area contributed by atoms with Crippen molar-refractivity contribution in [3.05, 3.63) is 41.4 Å². The molecule has 0 bridgehead atoms. The molecule has 3 heteroatoms. The summed E-state index contributed by atoms with van der Waals surface area (Å²) in [6.45, 7) is 0. The van der Waals surface area contributed by atoms with Gasteiger partial charge in [-0.2, -0.15) is 0 Å². The van der Waals surface area contributed by atoms with Gasteiger partial charge in [0.1, 0.15) is 16.9 Å². The summed E-state index contributed by atoms with van der Waals surface area (Å²) in [5, 5.41) is 11.9. The lowest BCUT2D eigenvalue weighted by Gasteiger charge is -1.93. The third-order valence-electron chi connectivity index (χ3n) is 2.44. The van der Waals surface area contributed by atoms with Crippen LogP contribution in [0.15, 0.2) is 40.8 Å². The number of phenolic OH excluding ortho intramolecular Hbond substituents is 1. The van der Waals surface area contributed by atoms with Gasteiger partial charge < -0.3 is 9.52 Å². The van der Waals surface area contributed by atoms with E-state index in [0.717, 1.165) is 16.4 Å². The zero-order valence-corrected chi connectivity index (χ0v) is 8.45. The molecule has 0 aliphatic carbocycles. The van der Waals surface area contributed by atoms with E-state index < -0.39 is 0 Å². The molecule has 3 aromatic rings. The minimum Gasteiger partial charge on any atom is -0.507 e. The van der Waals surface area contributed by atoms with Crippen LogP contribution in [-0.2, 0) is 0 Å². The lowest BCUT2D eigenvalue weighted by molar-refractivity contribution is 0.481. The van der Waals surface area contributed by atoms with Crippen molar-refractivity contribution >= 4 is 33.5 Å². The van der Waals surface area contributed by atoms with E-state index in [-0.39, 0.29) is 5.75 Å². The van der Waals surface area contributed by atoms with Crippen LogP contribution in [-0.4, -0.2) is 5.11 Å². The minimum atomic E-state index is 0.216. The lowest BCUT2D eigenvalue weighted by atomic mass is 10.1. The van der Waals surface area contributed by atoms with Gasteiger partial charge in [0.2, 0.25) is 0 Å². The highest BCUT2D eigenvalue weighted by atomic mass is 35.5. The van der Waals surface area contributed by atoms with E-state index in [1.165, 1.54) is 0 Å². The van der Waals surface area contributed by atoms with Gasteiger partial charge in [-0.3, -0.25) is 0 Å². The van der Waals surface area contributed by atoms with E-state index in [4.69, 9.17) is 16.0 Å². The molecule has 2 aromatic carbocycles. The molecule has 0 radical (unpaired) electrons. The molecule has 1 heterocycles. The van der Waals surface area contributed by atoms with Crippen LogP contribution in [0.2, 0.25) is 5.02 Å². The SMILES string of the molecule is Oc1cccc2oc3ccc(Cl)cc3c12. The lowest BCUT2D eigenvalue weighted by Crippen LogP contribution is -1.68. The second-order valence-corrected chi connectivity index (χ2v) is 3.83. The van der Waals surface area contributed by atoms with Crippen LogP contribution in [0.4, 0.5) is 0 Å². The summed E-state index contributed by atoms with van der Waals surface area (Å²) >= 11 is 5.91. The second-order valence-electron chi connectivity index (χ2n) is 3.39. The van der Waals surface area contributed by atoms with Crippen molar-refractivity contribution in [3.8, 4) is 5.75 Å². The third kappa shape index (κ3) is 1.18. The zero-order chi connectivity index (χ0) is 10.4. The van der Waals surface area contributed by atoms with Gasteiger partial charge in [0.25, 0.3) is 0 Å². The van der Waals surface area contributed by atoms with E-state index in [1.807, 2.05) is 6.07 Å². The van der Waals surface area contributed by atoms with Crippen molar-refractivity contribution in [2.75, 3.05) is 0 Å². The molecule has 0 aliphatic heterocycles. The molecule has 0 saturated carbocycles. The van der Waals surface area contributed by atoms with Gasteiger partial charge in [-0.15, -0.1) is 0 Å². The highest BCUT2D eigenvalue weighted by Crippen LogP contribution is 2.35. The Morgan fingerprint density at radius 2 is 1.93 bits per heavy atom. The summed E-state index contributed by atoms with van der Waals surface area (Å²) < 4.78 is 5.57. The zero-order valence-electron chi connectivity index (χ0n) is 7.70. The fourth-order valence-electron chi connectivity index (χ4n) is 1.78. The molecule has 1 aromatic heterocycles. The smallest absolute Gasteiger partial charge is 0.139 e. The van der Waals surface area contributed by atoms with Crippen LogP contribution in [0.25, 0.3) is 21.9 Å². The maximum absolute atomic E-state index is 9.75. The van der Waals surface area contributed by atoms with Gasteiger partial charge in [0, 0.05) is 10.4 Å². The Labute approximate surface area is 90.7 Å². The first-order valence-corrected chi connectivity index (χ1v) is 4.93. The van der Waals surface area contributed by atoms with Gasteiger partial charge in [0.05, 0.1) is 5.39 Å². The van der Waals surface area contributed by atoms with Crippen molar-refractivity contribution in [1.82, 2.24) is 0 Å². The molecule has 74 valence electrons. The average Bonchev–Trinajstić information content (AvgIpc) is 2.57. The number of hydrogen-bond donors (Lipinski definition) is 1. The number of benzene rings is 2. The summed E-state index contributed by atoms with van der Waals surface area (Å²) in [7, 11) is 0. The van der Waals surface area contributed by atoms with E-state index in [2.05, 4.69) is 0 Å². The van der Waals surface area contributed by atoms with Crippen molar-refractivity contribution < 1.29 is 9.52 Å². The fraction of sp³-hybridized carbons (Fsp3) is 0. The van der Waals surface area contributed by atoms with E-state index in [9.17, 15) is 5.11 Å². The molecule has 3 rings (SSSR count). The summed E-state index contributed by atoms with van der Waals surface area (Å²) in [5.74, 6) is 0.216. The van der Waals surface area contributed by atoms with E-state index >= 15 is 0 Å². The normalized spacial score (nSPS) is 11.3. The maximum atomic E-state index is 9.75. The third-order valence-corrected chi connectivity index (χ3v) is 2.67. The second kappa shape index (κ2) is 2.91. The Hall–Kier alpha value is -1.67. The van der Waals surface area contributed by atoms with Crippen LogP contribution in [0, 0.1) is 0 Å². The molecule has 0 aliphatic rings. The fourth-order valence-corrected chi connectivity index (χ4v) is 1.95. The van der Waals surface area contributed by atoms with Crippen molar-refractivity contribution in [2.45, 2.75) is 0 Å². The van der Waals surface area contributed by atoms with Crippen LogP contribution in [0.5, 0.6) is 5.75 Å². The van der Waals surface area contributed by atoms with Crippen LogP contribution < -0.4 is 0 Å². The quantitative estimate of drug-likeness (QED) is 0.620. The number of halogens is 1. The molecule has 0 amide bonds. The number of rotatable bonds is 0. The molecular weight excluding hydrogens is 212 g/mol. The van der Waals surface area contributed by atoms with Crippen LogP contribution in [0.3, 0.4) is 0 Å². The molecule has 2 nitrogen and oxygen atoms in total. The Bertz CT molecular complexity index is 655. The first-order chi connectivity index (χ1) is 7.25. The summed E-state index contributed by atoms with van der Waals surface area (Å²) in [5.41, 5.74) is 1.41. The van der Waals surface area contributed by atoms with Crippen molar-refractivity contribution in [1.29, 1.82) is 0 Å². The molecule has 0 unspecified atom stereocenters. The Balaban J connectivity index is 2.61. The minimum absolute atomic E-state index is 0.216. The standard InChI is InChI=1S/C12H7ClO2/c13-7-4-5-10-8(6-7)12-9(14)2-1-3-11(12)15-10/h1-6,14H. The largest absolute Gasteiger partial charge is 0.507 e. The van der Waals surface area contributed by atoms with Crippen LogP contribution >= 0.6 is 11.6 Å². The first kappa shape index (κ1) is 8.62. The van der Waals surface area contributed by atoms with Gasteiger partial charge in [0.15, 0.2) is 0 Å². The van der Waals surface area contributed by atoms with E-state index in [1.54, 1.807) is 30.3 Å². The molecule has 15 heavy (non-hydrogen) atoms. The van der Waals surface area contributed by atoms with Gasteiger partial charge in [-0.1, -0.05) is 17.7 Å². The molecule has 1 N–H and O–H groups in total. The predicted molar refractivity (Wildman–Crippen MR) is 60.4 cm³/mol. The number of phenols is 1. The van der Waals surface area contributed by atoms with Gasteiger partial charge >= 0.3 is 0 Å². The molecule has 0 fully saturated rings. The predicted octanol–water partition coefficient (Wildman–Crippen LogP) is 3.95. The highest BCUT2D eigenvalue weighted by Gasteiger charge is 2.10. The Morgan fingerprint density at radius 3 is 2.80 bits per heavy atom. The van der Waals surface area contributed by atoms with Crippen LogP contribution in [0.1, 0.15) is 0 Å². The maximum Gasteiger partial charge on any atom is 0.139 e. The van der Waals surface area contributed by atoms with Gasteiger partial charge in [-0.05, 0) is 30.3 Å². The molecule has 0 atom stereocenters. The summed E-state index contributed by atoms with van der Waals surface area (Å²) in [4.78, 5) is 0. The Morgan fingerprint density at radius 1 is 1.07 bits per heavy atom. The number of furan rings is 1. The number of fused-ring (bicyclic) bond motifs is 3. The van der Waals surface area contributed by atoms with Crippen molar-refractivity contribution in [3.63, 3.8) is 0 Å². The first-order valence-electron chi connectivity index (χ1n) is 4.55. The number of hydrogen-bond acceptors (Lipinski definition) is 2. The van der Waals surface area contributed by atoms with Crippen molar-refractivity contribution in [2.24, 2.45) is 0 Å². The summed E-state index contributed by atoms with van der Waals surface area (Å²) in [6, 6.07) is 10.6. The summed E-state index contributed by atoms with van der Waals surface area (Å²) in [6.07, 6.45) is 0. The van der Waals surface area contributed by atoms with E-state index in [0.29, 0.717) is 10.6 Å². The average molecular weight is 219 g/mol. The Kier molecular flexibility index (Phi) is 1.67. The highest BCUT2D eigenvalue weighted by molar-refractivity contribution is 6.31. The monoisotopic (exact) mass is 218 g/mol. The molecule has 0 saturated heterocycles. The van der Waals surface area contributed by atoms with Gasteiger partial charge in [-0.25, -0.2) is 0 Å². The number of aromatic hydroxyl groups is 1. The topological polar surface area (TPSA) is 33.4 Å².